The zero-order valence-corrected chi connectivity index (χ0v) is 20.9. The standard InChI is InChI=1S/C24H31N7O3S/c1-15-21(25)24(14-34-15)8-11-30(12-9-24)19-13-26-20-22(27-19)28-29-23(20)31-10-4-5-16-17(31)6-3-7-18(16)35(2,32)33/h3,6-7,13,15,21H,4-5,8-12,14,25H2,1-2H3,(H,27,28,29)/t15-,21+/m0/s1. The lowest BCUT2D eigenvalue weighted by atomic mass is 9.73. The van der Waals surface area contributed by atoms with Gasteiger partial charge in [0.1, 0.15) is 5.82 Å². The van der Waals surface area contributed by atoms with Crippen molar-refractivity contribution in [2.24, 2.45) is 11.1 Å². The van der Waals surface area contributed by atoms with Crippen molar-refractivity contribution >= 4 is 38.3 Å². The third-order valence-electron chi connectivity index (χ3n) is 8.03. The summed E-state index contributed by atoms with van der Waals surface area (Å²) >= 11 is 0. The molecular formula is C24H31N7O3S. The fraction of sp³-hybridized carbons (Fsp3) is 0.542. The Morgan fingerprint density at radius 3 is 2.74 bits per heavy atom. The lowest BCUT2D eigenvalue weighted by Crippen LogP contribution is -2.50. The van der Waals surface area contributed by atoms with Gasteiger partial charge in [0.15, 0.2) is 26.8 Å². The molecule has 0 saturated carbocycles. The maximum Gasteiger partial charge on any atom is 0.183 e. The van der Waals surface area contributed by atoms with E-state index in [1.807, 2.05) is 17.2 Å². The normalized spacial score (nSPS) is 24.3. The van der Waals surface area contributed by atoms with Gasteiger partial charge >= 0.3 is 0 Å². The molecule has 3 N–H and O–H groups in total. The number of piperidine rings is 1. The molecular weight excluding hydrogens is 466 g/mol. The molecule has 5 heterocycles. The first-order valence-corrected chi connectivity index (χ1v) is 14.1. The number of sulfone groups is 1. The second-order valence-electron chi connectivity index (χ2n) is 10.1. The minimum absolute atomic E-state index is 0.0566. The van der Waals surface area contributed by atoms with E-state index in [1.54, 1.807) is 12.1 Å². The molecule has 0 bridgehead atoms. The fourth-order valence-electron chi connectivity index (χ4n) is 5.93. The minimum Gasteiger partial charge on any atom is -0.376 e. The number of nitrogens with one attached hydrogen (secondary N) is 1. The monoisotopic (exact) mass is 497 g/mol. The summed E-state index contributed by atoms with van der Waals surface area (Å²) in [6.07, 6.45) is 6.67. The van der Waals surface area contributed by atoms with E-state index in [4.69, 9.17) is 20.4 Å². The summed E-state index contributed by atoms with van der Waals surface area (Å²) in [5.74, 6) is 1.49. The highest BCUT2D eigenvalue weighted by Gasteiger charge is 2.47. The van der Waals surface area contributed by atoms with Crippen molar-refractivity contribution in [2.45, 2.75) is 49.6 Å². The molecule has 11 heteroatoms. The van der Waals surface area contributed by atoms with Gasteiger partial charge in [-0.15, -0.1) is 0 Å². The Hall–Kier alpha value is -2.76. The number of aromatic nitrogens is 4. The number of aromatic amines is 1. The van der Waals surface area contributed by atoms with E-state index in [0.29, 0.717) is 21.9 Å². The highest BCUT2D eigenvalue weighted by Crippen LogP contribution is 2.42. The van der Waals surface area contributed by atoms with E-state index in [2.05, 4.69) is 22.0 Å². The first-order chi connectivity index (χ1) is 16.8. The van der Waals surface area contributed by atoms with Crippen LogP contribution in [0, 0.1) is 5.41 Å². The molecule has 6 rings (SSSR count). The molecule has 0 aliphatic carbocycles. The molecule has 35 heavy (non-hydrogen) atoms. The highest BCUT2D eigenvalue weighted by atomic mass is 32.2. The molecule has 2 atom stereocenters. The number of nitrogens with two attached hydrogens (primary N) is 1. The van der Waals surface area contributed by atoms with Crippen LogP contribution in [0.15, 0.2) is 29.3 Å². The number of nitrogens with zero attached hydrogens (tertiary/aromatic N) is 5. The first kappa shape index (κ1) is 22.7. The molecule has 3 aliphatic heterocycles. The van der Waals surface area contributed by atoms with Crippen molar-refractivity contribution in [3.05, 3.63) is 30.0 Å². The average molecular weight is 498 g/mol. The first-order valence-electron chi connectivity index (χ1n) is 12.2. The van der Waals surface area contributed by atoms with Crippen LogP contribution < -0.4 is 15.5 Å². The van der Waals surface area contributed by atoms with E-state index in [9.17, 15) is 8.42 Å². The number of rotatable bonds is 3. The molecule has 0 amide bonds. The quantitative estimate of drug-likeness (QED) is 0.559. The van der Waals surface area contributed by atoms with Gasteiger partial charge in [0.25, 0.3) is 0 Å². The largest absolute Gasteiger partial charge is 0.376 e. The Bertz CT molecular complexity index is 1380. The third-order valence-corrected chi connectivity index (χ3v) is 9.21. The zero-order chi connectivity index (χ0) is 24.4. The number of benzene rings is 1. The van der Waals surface area contributed by atoms with Gasteiger partial charge in [0.2, 0.25) is 0 Å². The Morgan fingerprint density at radius 1 is 1.23 bits per heavy atom. The number of hydrogen-bond donors (Lipinski definition) is 2. The molecule has 186 valence electrons. The van der Waals surface area contributed by atoms with Crippen molar-refractivity contribution in [3.63, 3.8) is 0 Å². The summed E-state index contributed by atoms with van der Waals surface area (Å²) in [4.78, 5) is 14.3. The SMILES string of the molecule is C[C@@H]1OCC2(CCN(c3cnc4c(N5CCCc6c5cccc6S(C)(=O)=O)n[nH]c4n3)CC2)[C@@H]1N. The summed E-state index contributed by atoms with van der Waals surface area (Å²) in [5, 5.41) is 7.60. The molecule has 3 aromatic rings. The van der Waals surface area contributed by atoms with E-state index in [-0.39, 0.29) is 17.6 Å². The molecule has 2 saturated heterocycles. The molecule has 0 unspecified atom stereocenters. The predicted molar refractivity (Wildman–Crippen MR) is 134 cm³/mol. The van der Waals surface area contributed by atoms with Gasteiger partial charge in [-0.1, -0.05) is 6.07 Å². The van der Waals surface area contributed by atoms with Crippen LogP contribution in [0.1, 0.15) is 31.7 Å². The molecule has 2 aromatic heterocycles. The molecule has 3 aliphatic rings. The summed E-state index contributed by atoms with van der Waals surface area (Å²) in [7, 11) is -3.32. The van der Waals surface area contributed by atoms with Crippen LogP contribution in [0.25, 0.3) is 11.2 Å². The minimum atomic E-state index is -3.32. The number of anilines is 3. The second kappa shape index (κ2) is 8.14. The van der Waals surface area contributed by atoms with Crippen molar-refractivity contribution in [1.82, 2.24) is 20.2 Å². The van der Waals surface area contributed by atoms with Gasteiger partial charge in [0, 0.05) is 43.0 Å². The van der Waals surface area contributed by atoms with Gasteiger partial charge in [-0.05, 0) is 50.3 Å². The Labute approximate surface area is 204 Å². The van der Waals surface area contributed by atoms with Crippen LogP contribution in [0.3, 0.4) is 0 Å². The fourth-order valence-corrected chi connectivity index (χ4v) is 6.91. The topological polar surface area (TPSA) is 130 Å². The van der Waals surface area contributed by atoms with Crippen LogP contribution in [-0.2, 0) is 21.0 Å². The molecule has 1 spiro atoms. The van der Waals surface area contributed by atoms with E-state index < -0.39 is 9.84 Å². The average Bonchev–Trinajstić information content (AvgIpc) is 3.40. The maximum atomic E-state index is 12.3. The maximum absolute atomic E-state index is 12.3. The van der Waals surface area contributed by atoms with E-state index >= 15 is 0 Å². The number of ether oxygens (including phenoxy) is 1. The van der Waals surface area contributed by atoms with Crippen molar-refractivity contribution < 1.29 is 13.2 Å². The molecule has 1 aromatic carbocycles. The Balaban J connectivity index is 1.28. The van der Waals surface area contributed by atoms with Crippen LogP contribution >= 0.6 is 0 Å². The van der Waals surface area contributed by atoms with Gasteiger partial charge < -0.3 is 20.3 Å². The van der Waals surface area contributed by atoms with Gasteiger partial charge in [-0.3, -0.25) is 5.10 Å². The number of hydrogen-bond acceptors (Lipinski definition) is 9. The lowest BCUT2D eigenvalue weighted by molar-refractivity contribution is 0.0974. The van der Waals surface area contributed by atoms with E-state index in [0.717, 1.165) is 69.0 Å². The third kappa shape index (κ3) is 3.68. The second-order valence-corrected chi connectivity index (χ2v) is 12.1. The molecule has 0 radical (unpaired) electrons. The molecule has 10 nitrogen and oxygen atoms in total. The number of H-pyrrole nitrogens is 1. The van der Waals surface area contributed by atoms with Gasteiger partial charge in [-0.2, -0.15) is 5.10 Å². The van der Waals surface area contributed by atoms with Crippen LogP contribution in [0.4, 0.5) is 17.3 Å². The summed E-state index contributed by atoms with van der Waals surface area (Å²) in [5.41, 5.74) is 9.53. The summed E-state index contributed by atoms with van der Waals surface area (Å²) < 4.78 is 30.5. The summed E-state index contributed by atoms with van der Waals surface area (Å²) in [6, 6.07) is 5.49. The highest BCUT2D eigenvalue weighted by molar-refractivity contribution is 7.90. The predicted octanol–water partition coefficient (Wildman–Crippen LogP) is 2.17. The Morgan fingerprint density at radius 2 is 2.03 bits per heavy atom. The van der Waals surface area contributed by atoms with Crippen LogP contribution in [0.5, 0.6) is 0 Å². The zero-order valence-electron chi connectivity index (χ0n) is 20.1. The van der Waals surface area contributed by atoms with E-state index in [1.165, 1.54) is 6.26 Å². The molecule has 2 fully saturated rings. The van der Waals surface area contributed by atoms with Gasteiger partial charge in [-0.25, -0.2) is 18.4 Å². The van der Waals surface area contributed by atoms with Crippen LogP contribution in [-0.4, -0.2) is 73.2 Å². The van der Waals surface area contributed by atoms with Crippen molar-refractivity contribution in [1.29, 1.82) is 0 Å². The number of fused-ring (bicyclic) bond motifs is 2. The van der Waals surface area contributed by atoms with Crippen LogP contribution in [0.2, 0.25) is 0 Å². The smallest absolute Gasteiger partial charge is 0.183 e. The van der Waals surface area contributed by atoms with Crippen molar-refractivity contribution in [3.8, 4) is 0 Å². The van der Waals surface area contributed by atoms with Gasteiger partial charge in [0.05, 0.1) is 23.8 Å². The van der Waals surface area contributed by atoms with Crippen molar-refractivity contribution in [2.75, 3.05) is 42.3 Å². The summed E-state index contributed by atoms with van der Waals surface area (Å²) in [6.45, 7) is 5.25. The lowest BCUT2D eigenvalue weighted by Gasteiger charge is -2.41. The Kier molecular flexibility index (Phi) is 5.28.